The molecule has 0 unspecified atom stereocenters. The number of nitrogens with one attached hydrogen (secondary N) is 1. The smallest absolute Gasteiger partial charge is 0.221 e. The lowest BCUT2D eigenvalue weighted by atomic mass is 10.1. The first-order chi connectivity index (χ1) is 13.5. The van der Waals surface area contributed by atoms with Gasteiger partial charge in [-0.15, -0.1) is 0 Å². The number of aryl methyl sites for hydroxylation is 1. The lowest BCUT2D eigenvalue weighted by Gasteiger charge is -2.10. The maximum absolute atomic E-state index is 11.3. The number of nitrogens with zero attached hydrogens (tertiary/aromatic N) is 6. The molecule has 3 heterocycles. The van der Waals surface area contributed by atoms with E-state index in [-0.39, 0.29) is 5.91 Å². The van der Waals surface area contributed by atoms with E-state index in [0.29, 0.717) is 29.3 Å². The van der Waals surface area contributed by atoms with Gasteiger partial charge in [0.1, 0.15) is 5.75 Å². The van der Waals surface area contributed by atoms with Gasteiger partial charge in [-0.05, 0) is 17.7 Å². The molecule has 0 atom stereocenters. The van der Waals surface area contributed by atoms with E-state index in [4.69, 9.17) is 4.74 Å². The highest BCUT2D eigenvalue weighted by molar-refractivity contribution is 5.90. The molecule has 9 nitrogen and oxygen atoms in total. The van der Waals surface area contributed by atoms with Crippen LogP contribution in [0.4, 0.5) is 5.69 Å². The maximum atomic E-state index is 11.3. The molecule has 9 heteroatoms. The van der Waals surface area contributed by atoms with E-state index in [9.17, 15) is 4.79 Å². The maximum Gasteiger partial charge on any atom is 0.221 e. The van der Waals surface area contributed by atoms with Gasteiger partial charge in [0.25, 0.3) is 0 Å². The van der Waals surface area contributed by atoms with Crippen molar-refractivity contribution in [2.24, 2.45) is 7.05 Å². The summed E-state index contributed by atoms with van der Waals surface area (Å²) in [6, 6.07) is 5.60. The molecule has 0 aliphatic carbocycles. The van der Waals surface area contributed by atoms with Crippen LogP contribution in [0.2, 0.25) is 0 Å². The number of hydrogen-bond donors (Lipinski definition) is 1. The minimum absolute atomic E-state index is 0.150. The summed E-state index contributed by atoms with van der Waals surface area (Å²) < 4.78 is 8.88. The largest absolute Gasteiger partial charge is 0.495 e. The second-order valence-electron chi connectivity index (χ2n) is 6.39. The Labute approximate surface area is 161 Å². The third kappa shape index (κ3) is 3.41. The number of methoxy groups -OCH3 is 1. The van der Waals surface area contributed by atoms with Gasteiger partial charge in [0, 0.05) is 32.2 Å². The molecule has 1 aromatic carbocycles. The molecule has 0 saturated carbocycles. The number of anilines is 1. The molecule has 0 radical (unpaired) electrons. The molecule has 0 fully saturated rings. The fourth-order valence-electron chi connectivity index (χ4n) is 3.00. The fourth-order valence-corrected chi connectivity index (χ4v) is 3.00. The number of rotatable bonds is 5. The first-order valence-corrected chi connectivity index (χ1v) is 8.66. The average molecular weight is 377 g/mol. The van der Waals surface area contributed by atoms with Gasteiger partial charge in [0.2, 0.25) is 5.91 Å². The number of hydrogen-bond acceptors (Lipinski definition) is 6. The highest BCUT2D eigenvalue weighted by atomic mass is 16.5. The zero-order valence-electron chi connectivity index (χ0n) is 15.7. The number of benzene rings is 1. The topological polar surface area (TPSA) is 99.2 Å². The molecule has 1 amide bonds. The molecule has 3 aromatic heterocycles. The Hall–Kier alpha value is -3.75. The second-order valence-corrected chi connectivity index (χ2v) is 6.39. The van der Waals surface area contributed by atoms with Crippen LogP contribution in [0.25, 0.3) is 16.9 Å². The number of ether oxygens (including phenoxy) is 1. The highest BCUT2D eigenvalue weighted by Crippen LogP contribution is 2.26. The third-order valence-electron chi connectivity index (χ3n) is 4.23. The highest BCUT2D eigenvalue weighted by Gasteiger charge is 2.13. The average Bonchev–Trinajstić information content (AvgIpc) is 3.27. The molecule has 4 rings (SSSR count). The predicted molar refractivity (Wildman–Crippen MR) is 103 cm³/mol. The van der Waals surface area contributed by atoms with Gasteiger partial charge >= 0.3 is 0 Å². The lowest BCUT2D eigenvalue weighted by Crippen LogP contribution is -2.07. The van der Waals surface area contributed by atoms with Gasteiger partial charge in [0.05, 0.1) is 37.1 Å². The summed E-state index contributed by atoms with van der Waals surface area (Å²) in [7, 11) is 3.43. The first-order valence-electron chi connectivity index (χ1n) is 8.66. The van der Waals surface area contributed by atoms with E-state index in [1.54, 1.807) is 34.9 Å². The standard InChI is InChI=1S/C19H19N7O2/c1-12(27)22-15-5-4-13(6-17(15)28-3)7-18-23-19-10-20-9-16(26(19)24-18)14-8-21-25(2)11-14/h4-6,8-11H,7H2,1-3H3,(H,22,27). The molecule has 0 aliphatic rings. The molecule has 4 aromatic rings. The zero-order chi connectivity index (χ0) is 19.7. The minimum Gasteiger partial charge on any atom is -0.495 e. The van der Waals surface area contributed by atoms with Crippen LogP contribution in [0, 0.1) is 0 Å². The SMILES string of the molecule is COc1cc(Cc2nc3cncc(-c4cnn(C)c4)n3n2)ccc1NC(C)=O. The van der Waals surface area contributed by atoms with Crippen LogP contribution in [0.3, 0.4) is 0 Å². The van der Waals surface area contributed by atoms with Crippen LogP contribution < -0.4 is 10.1 Å². The first kappa shape index (κ1) is 17.7. The van der Waals surface area contributed by atoms with Crippen molar-refractivity contribution >= 4 is 17.2 Å². The van der Waals surface area contributed by atoms with Crippen molar-refractivity contribution in [1.29, 1.82) is 0 Å². The number of carbonyl (C=O) groups excluding carboxylic acids is 1. The van der Waals surface area contributed by atoms with Gasteiger partial charge in [-0.2, -0.15) is 10.2 Å². The van der Waals surface area contributed by atoms with Crippen LogP contribution in [0.1, 0.15) is 18.3 Å². The Balaban J connectivity index is 1.66. The summed E-state index contributed by atoms with van der Waals surface area (Å²) in [6.45, 7) is 1.46. The lowest BCUT2D eigenvalue weighted by molar-refractivity contribution is -0.114. The van der Waals surface area contributed by atoms with Crippen LogP contribution in [0.15, 0.2) is 43.0 Å². The van der Waals surface area contributed by atoms with Gasteiger partial charge in [0.15, 0.2) is 11.5 Å². The summed E-state index contributed by atoms with van der Waals surface area (Å²) in [6.07, 6.45) is 7.61. The van der Waals surface area contributed by atoms with Crippen molar-refractivity contribution in [3.63, 3.8) is 0 Å². The van der Waals surface area contributed by atoms with E-state index in [1.807, 2.05) is 31.4 Å². The Morgan fingerprint density at radius 3 is 2.82 bits per heavy atom. The van der Waals surface area contributed by atoms with E-state index in [2.05, 4.69) is 25.5 Å². The Morgan fingerprint density at radius 2 is 2.11 bits per heavy atom. The van der Waals surface area contributed by atoms with Crippen LogP contribution in [-0.2, 0) is 18.3 Å². The summed E-state index contributed by atoms with van der Waals surface area (Å²) in [4.78, 5) is 20.1. The fraction of sp³-hybridized carbons (Fsp3) is 0.211. The number of carbonyl (C=O) groups is 1. The monoisotopic (exact) mass is 377 g/mol. The minimum atomic E-state index is -0.150. The van der Waals surface area contributed by atoms with Crippen LogP contribution in [-0.4, -0.2) is 42.4 Å². The van der Waals surface area contributed by atoms with Crippen molar-refractivity contribution in [2.75, 3.05) is 12.4 Å². The molecule has 0 bridgehead atoms. The molecule has 0 aliphatic heterocycles. The van der Waals surface area contributed by atoms with Gasteiger partial charge in [-0.3, -0.25) is 14.5 Å². The number of aromatic nitrogens is 6. The molecule has 0 saturated heterocycles. The van der Waals surface area contributed by atoms with E-state index >= 15 is 0 Å². The van der Waals surface area contributed by atoms with Gasteiger partial charge in [-0.25, -0.2) is 9.50 Å². The van der Waals surface area contributed by atoms with Crippen LogP contribution >= 0.6 is 0 Å². The quantitative estimate of drug-likeness (QED) is 0.572. The van der Waals surface area contributed by atoms with Crippen molar-refractivity contribution in [3.05, 3.63) is 54.4 Å². The third-order valence-corrected chi connectivity index (χ3v) is 4.23. The molecule has 1 N–H and O–H groups in total. The van der Waals surface area contributed by atoms with Crippen molar-refractivity contribution in [3.8, 4) is 17.0 Å². The summed E-state index contributed by atoms with van der Waals surface area (Å²) >= 11 is 0. The molecular weight excluding hydrogens is 358 g/mol. The Bertz CT molecular complexity index is 1160. The van der Waals surface area contributed by atoms with Crippen molar-refractivity contribution in [2.45, 2.75) is 13.3 Å². The van der Waals surface area contributed by atoms with Crippen LogP contribution in [0.5, 0.6) is 5.75 Å². The van der Waals surface area contributed by atoms with Gasteiger partial charge < -0.3 is 10.1 Å². The molecule has 28 heavy (non-hydrogen) atoms. The summed E-state index contributed by atoms with van der Waals surface area (Å²) in [5.41, 5.74) is 4.00. The second kappa shape index (κ2) is 7.10. The summed E-state index contributed by atoms with van der Waals surface area (Å²) in [5, 5.41) is 11.6. The number of amides is 1. The van der Waals surface area contributed by atoms with E-state index in [1.165, 1.54) is 6.92 Å². The van der Waals surface area contributed by atoms with Crippen molar-refractivity contribution < 1.29 is 9.53 Å². The Morgan fingerprint density at radius 1 is 1.25 bits per heavy atom. The normalized spacial score (nSPS) is 11.0. The molecule has 142 valence electrons. The molecule has 0 spiro atoms. The zero-order valence-corrected chi connectivity index (χ0v) is 15.7. The van der Waals surface area contributed by atoms with E-state index in [0.717, 1.165) is 16.8 Å². The number of fused-ring (bicyclic) bond motifs is 1. The predicted octanol–water partition coefficient (Wildman–Crippen LogP) is 2.08. The van der Waals surface area contributed by atoms with Crippen molar-refractivity contribution in [1.82, 2.24) is 29.4 Å². The molecular formula is C19H19N7O2. The van der Waals surface area contributed by atoms with E-state index < -0.39 is 0 Å². The Kier molecular flexibility index (Phi) is 4.48. The summed E-state index contributed by atoms with van der Waals surface area (Å²) in [5.74, 6) is 1.10. The van der Waals surface area contributed by atoms with Gasteiger partial charge in [-0.1, -0.05) is 6.07 Å².